The first-order chi connectivity index (χ1) is 28.7. The van der Waals surface area contributed by atoms with Crippen molar-refractivity contribution in [3.8, 4) is 23.2 Å². The van der Waals surface area contributed by atoms with Crippen molar-refractivity contribution in [2.75, 3.05) is 43.0 Å². The van der Waals surface area contributed by atoms with Crippen LogP contribution < -0.4 is 15.0 Å². The molecule has 3 fully saturated rings. The Kier molecular flexibility index (Phi) is 10.9. The van der Waals surface area contributed by atoms with Crippen LogP contribution in [0, 0.1) is 23.0 Å². The standard InChI is InChI=1S/C44H49ClF3N7O5S/c1-9-27-28-17-22(2)29-32-35(34(48)31(33(29)45)24-11-12-26(47)36-30(24)25(19-49)38(61-36)52-40(56)59-42(3,4)5)50-39(58-21-44-13-10-14-53(44)20-23(46)18-44)51-37(32)54(28)15-16-55(27)41(57)60-43(6,7)8/h11-12,23,27-28H,2,9-10,13-18,20-21H2,1,3-8H3,(H,52,56)/t23-,27+,28-,44+/m1/s1. The highest BCUT2D eigenvalue weighted by molar-refractivity contribution is 7.23. The summed E-state index contributed by atoms with van der Waals surface area (Å²) in [5.41, 5.74) is -1.61. The van der Waals surface area contributed by atoms with Gasteiger partial charge in [0.15, 0.2) is 5.82 Å². The summed E-state index contributed by atoms with van der Waals surface area (Å²) < 4.78 is 66.0. The van der Waals surface area contributed by atoms with Crippen molar-refractivity contribution in [1.29, 1.82) is 5.26 Å². The predicted octanol–water partition coefficient (Wildman–Crippen LogP) is 10.2. The highest BCUT2D eigenvalue weighted by Crippen LogP contribution is 2.52. The number of fused-ring (bicyclic) bond motifs is 4. The quantitative estimate of drug-likeness (QED) is 0.200. The summed E-state index contributed by atoms with van der Waals surface area (Å²) in [4.78, 5) is 42.1. The second-order valence-corrected chi connectivity index (χ2v) is 19.8. The predicted molar refractivity (Wildman–Crippen MR) is 230 cm³/mol. The van der Waals surface area contributed by atoms with Crippen LogP contribution in [-0.4, -0.2) is 99.7 Å². The van der Waals surface area contributed by atoms with Crippen LogP contribution in [0.5, 0.6) is 6.01 Å². The Balaban J connectivity index is 1.32. The number of ether oxygens (including phenoxy) is 3. The highest BCUT2D eigenvalue weighted by atomic mass is 35.5. The number of aromatic nitrogens is 2. The molecule has 4 aliphatic rings. The molecule has 2 aromatic heterocycles. The Morgan fingerprint density at radius 1 is 1.08 bits per heavy atom. The number of carbonyl (C=O) groups excluding carboxylic acids is 2. The van der Waals surface area contributed by atoms with Gasteiger partial charge in [-0.3, -0.25) is 10.2 Å². The van der Waals surface area contributed by atoms with Crippen molar-refractivity contribution >= 4 is 72.5 Å². The topological polar surface area (TPSA) is 133 Å². The summed E-state index contributed by atoms with van der Waals surface area (Å²) in [6, 6.07) is 3.67. The van der Waals surface area contributed by atoms with E-state index in [1.807, 2.05) is 32.6 Å². The average Bonchev–Trinajstić information content (AvgIpc) is 3.80. The molecule has 2 amide bonds. The Morgan fingerprint density at radius 2 is 1.82 bits per heavy atom. The third-order valence-electron chi connectivity index (χ3n) is 12.0. The number of hydrogen-bond donors (Lipinski definition) is 1. The maximum Gasteiger partial charge on any atom is 0.412 e. The van der Waals surface area contributed by atoms with Gasteiger partial charge in [-0.15, -0.1) is 11.3 Å². The van der Waals surface area contributed by atoms with E-state index in [0.717, 1.165) is 36.8 Å². The van der Waals surface area contributed by atoms with E-state index < -0.39 is 52.8 Å². The summed E-state index contributed by atoms with van der Waals surface area (Å²) in [6.07, 6.45) is 0.425. The third-order valence-corrected chi connectivity index (χ3v) is 13.4. The van der Waals surface area contributed by atoms with Gasteiger partial charge in [0, 0.05) is 42.6 Å². The molecule has 324 valence electrons. The van der Waals surface area contributed by atoms with Gasteiger partial charge in [0.25, 0.3) is 0 Å². The summed E-state index contributed by atoms with van der Waals surface area (Å²) >= 11 is 8.20. The van der Waals surface area contributed by atoms with Crippen molar-refractivity contribution in [1.82, 2.24) is 19.8 Å². The molecule has 6 heterocycles. The number of nitrogens with one attached hydrogen (secondary N) is 1. The number of carbonyl (C=O) groups is 2. The van der Waals surface area contributed by atoms with Crippen molar-refractivity contribution < 1.29 is 37.0 Å². The maximum absolute atomic E-state index is 17.9. The van der Waals surface area contributed by atoms with Gasteiger partial charge < -0.3 is 24.0 Å². The minimum atomic E-state index is -1.00. The molecule has 12 nitrogen and oxygen atoms in total. The molecule has 0 saturated carbocycles. The smallest absolute Gasteiger partial charge is 0.412 e. The lowest BCUT2D eigenvalue weighted by Gasteiger charge is -2.47. The second kappa shape index (κ2) is 15.5. The van der Waals surface area contributed by atoms with Crippen molar-refractivity contribution in [3.63, 3.8) is 0 Å². The van der Waals surface area contributed by atoms with Gasteiger partial charge in [0.1, 0.15) is 52.2 Å². The summed E-state index contributed by atoms with van der Waals surface area (Å²) in [6.45, 7) is 18.6. The largest absolute Gasteiger partial charge is 0.461 e. The number of nitriles is 1. The number of nitrogens with zero attached hydrogens (tertiary/aromatic N) is 6. The molecule has 8 rings (SSSR count). The van der Waals surface area contributed by atoms with Gasteiger partial charge in [-0.1, -0.05) is 31.2 Å². The third kappa shape index (κ3) is 7.60. The van der Waals surface area contributed by atoms with Crippen LogP contribution in [-0.2, 0) is 9.47 Å². The number of halogens is 4. The van der Waals surface area contributed by atoms with E-state index in [4.69, 9.17) is 35.8 Å². The number of amides is 2. The number of hydrogen-bond acceptors (Lipinski definition) is 11. The lowest BCUT2D eigenvalue weighted by Crippen LogP contribution is -2.61. The van der Waals surface area contributed by atoms with Crippen LogP contribution in [0.25, 0.3) is 37.7 Å². The first kappa shape index (κ1) is 42.8. The molecule has 0 radical (unpaired) electrons. The van der Waals surface area contributed by atoms with Crippen LogP contribution in [0.4, 0.5) is 33.6 Å². The Hall–Kier alpha value is -4.85. The molecule has 61 heavy (non-hydrogen) atoms. The van der Waals surface area contributed by atoms with Crippen LogP contribution in [0.2, 0.25) is 5.02 Å². The molecule has 0 aliphatic carbocycles. The molecule has 3 saturated heterocycles. The number of thiophene rings is 1. The molecular formula is C44H49ClF3N7O5S. The van der Waals surface area contributed by atoms with Gasteiger partial charge in [0.05, 0.1) is 38.3 Å². The molecule has 0 bridgehead atoms. The zero-order valence-corrected chi connectivity index (χ0v) is 36.9. The summed E-state index contributed by atoms with van der Waals surface area (Å²) in [5, 5.41) is 13.3. The summed E-state index contributed by atoms with van der Waals surface area (Å²) in [7, 11) is 0. The second-order valence-electron chi connectivity index (χ2n) is 18.4. The number of alkyl halides is 1. The van der Waals surface area contributed by atoms with Crippen molar-refractivity contribution in [2.45, 2.75) is 116 Å². The average molecular weight is 880 g/mol. The molecule has 2 aromatic carbocycles. The highest BCUT2D eigenvalue weighted by Gasteiger charge is 2.50. The first-order valence-electron chi connectivity index (χ1n) is 20.6. The van der Waals surface area contributed by atoms with Crippen LogP contribution in [0.3, 0.4) is 0 Å². The van der Waals surface area contributed by atoms with Gasteiger partial charge in [-0.05, 0) is 91.0 Å². The minimum Gasteiger partial charge on any atom is -0.461 e. The van der Waals surface area contributed by atoms with Gasteiger partial charge in [0.2, 0.25) is 0 Å². The van der Waals surface area contributed by atoms with Crippen LogP contribution in [0.15, 0.2) is 18.7 Å². The molecule has 17 heteroatoms. The van der Waals surface area contributed by atoms with E-state index in [2.05, 4.69) is 22.9 Å². The fourth-order valence-corrected chi connectivity index (χ4v) is 11.1. The SMILES string of the molecule is C=C1C[C@@H]2[C@H](CC)N(C(=O)OC(C)(C)C)CCN2c2nc(OC[C@@]34CCCN3C[C@H](F)C4)nc3c(F)c(-c4ccc(F)c5sc(NC(=O)OC(C)(C)C)c(C#N)c45)c(Cl)c1c23. The molecule has 4 aliphatic heterocycles. The molecule has 0 unspecified atom stereocenters. The first-order valence-corrected chi connectivity index (χ1v) is 21.8. The number of piperazine rings is 1. The molecule has 4 aromatic rings. The van der Waals surface area contributed by atoms with Gasteiger partial charge in [-0.2, -0.15) is 15.2 Å². The fourth-order valence-electron chi connectivity index (χ4n) is 9.59. The summed E-state index contributed by atoms with van der Waals surface area (Å²) in [5.74, 6) is -1.24. The van der Waals surface area contributed by atoms with Crippen molar-refractivity contribution in [3.05, 3.63) is 46.5 Å². The lowest BCUT2D eigenvalue weighted by molar-refractivity contribution is 0.00861. The Bertz CT molecular complexity index is 2530. The number of anilines is 2. The molecule has 4 atom stereocenters. The van der Waals surface area contributed by atoms with E-state index in [0.29, 0.717) is 42.9 Å². The van der Waals surface area contributed by atoms with Crippen LogP contribution >= 0.6 is 22.9 Å². The number of benzene rings is 2. The van der Waals surface area contributed by atoms with Crippen molar-refractivity contribution in [2.24, 2.45) is 0 Å². The zero-order valence-electron chi connectivity index (χ0n) is 35.3. The lowest BCUT2D eigenvalue weighted by atomic mass is 9.89. The van der Waals surface area contributed by atoms with E-state index in [1.165, 1.54) is 6.07 Å². The molecule has 0 spiro atoms. The molecular weight excluding hydrogens is 831 g/mol. The van der Waals surface area contributed by atoms with Gasteiger partial charge in [-0.25, -0.2) is 22.8 Å². The van der Waals surface area contributed by atoms with E-state index in [1.54, 1.807) is 25.7 Å². The van der Waals surface area contributed by atoms with E-state index >= 15 is 8.78 Å². The van der Waals surface area contributed by atoms with E-state index in [9.17, 15) is 19.2 Å². The maximum atomic E-state index is 17.9. The Morgan fingerprint density at radius 3 is 2.51 bits per heavy atom. The van der Waals surface area contributed by atoms with E-state index in [-0.39, 0.29) is 79.3 Å². The Labute approximate surface area is 361 Å². The monoisotopic (exact) mass is 879 g/mol. The van der Waals surface area contributed by atoms with Gasteiger partial charge >= 0.3 is 18.2 Å². The fraction of sp³-hybridized carbons (Fsp3) is 0.523. The number of rotatable bonds is 6. The minimum absolute atomic E-state index is 0.0121. The zero-order chi connectivity index (χ0) is 43.9. The van der Waals surface area contributed by atoms with Crippen LogP contribution in [0.1, 0.15) is 91.7 Å². The normalized spacial score (nSPS) is 22.9. The molecule has 1 N–H and O–H groups in total.